The highest BCUT2D eigenvalue weighted by Crippen LogP contribution is 2.31. The van der Waals surface area contributed by atoms with Gasteiger partial charge in [0.05, 0.1) is 5.76 Å². The molecule has 0 radical (unpaired) electrons. The molecule has 0 saturated carbocycles. The summed E-state index contributed by atoms with van der Waals surface area (Å²) in [5, 5.41) is 10.8. The molecule has 1 aromatic heterocycles. The lowest BCUT2D eigenvalue weighted by atomic mass is 10.3. The minimum absolute atomic E-state index is 0.146. The van der Waals surface area contributed by atoms with Crippen LogP contribution in [-0.2, 0) is 4.79 Å². The predicted octanol–water partition coefficient (Wildman–Crippen LogP) is 3.28. The first-order valence-electron chi connectivity index (χ1n) is 7.60. The van der Waals surface area contributed by atoms with E-state index in [9.17, 15) is 4.79 Å². The summed E-state index contributed by atoms with van der Waals surface area (Å²) in [7, 11) is 0. The van der Waals surface area contributed by atoms with E-state index in [1.807, 2.05) is 12.1 Å². The summed E-state index contributed by atoms with van der Waals surface area (Å²) < 4.78 is 5.50. The largest absolute Gasteiger partial charge is 0.460 e. The van der Waals surface area contributed by atoms with Crippen LogP contribution in [0.3, 0.4) is 0 Å². The molecule has 0 bridgehead atoms. The molecular formula is C17H20N6O2. The summed E-state index contributed by atoms with van der Waals surface area (Å²) in [6.07, 6.45) is 0.211. The van der Waals surface area contributed by atoms with Crippen molar-refractivity contribution in [2.75, 3.05) is 17.6 Å². The van der Waals surface area contributed by atoms with Gasteiger partial charge in [-0.15, -0.1) is 10.2 Å². The SMILES string of the molecule is C=C(C)Oc1ccccc1/N=N/c1ccc(NC(=O)CCN)nc1N. The molecule has 5 N–H and O–H groups in total. The Morgan fingerprint density at radius 1 is 1.24 bits per heavy atom. The van der Waals surface area contributed by atoms with Gasteiger partial charge in [-0.2, -0.15) is 0 Å². The zero-order chi connectivity index (χ0) is 18.2. The van der Waals surface area contributed by atoms with Crippen molar-refractivity contribution in [3.05, 3.63) is 48.7 Å². The number of carbonyl (C=O) groups excluding carboxylic acids is 1. The van der Waals surface area contributed by atoms with Gasteiger partial charge in [0.1, 0.15) is 17.2 Å². The lowest BCUT2D eigenvalue weighted by Crippen LogP contribution is -2.17. The first-order valence-corrected chi connectivity index (χ1v) is 7.60. The number of nitrogens with one attached hydrogen (secondary N) is 1. The van der Waals surface area contributed by atoms with Crippen LogP contribution in [0.15, 0.2) is 59.0 Å². The number of benzene rings is 1. The van der Waals surface area contributed by atoms with Gasteiger partial charge in [0.15, 0.2) is 11.6 Å². The van der Waals surface area contributed by atoms with Gasteiger partial charge in [-0.25, -0.2) is 4.98 Å². The number of carbonyl (C=O) groups is 1. The number of pyridine rings is 1. The second kappa shape index (κ2) is 8.55. The van der Waals surface area contributed by atoms with Crippen LogP contribution < -0.4 is 21.5 Å². The molecule has 0 aliphatic carbocycles. The molecule has 25 heavy (non-hydrogen) atoms. The van der Waals surface area contributed by atoms with E-state index in [4.69, 9.17) is 16.2 Å². The van der Waals surface area contributed by atoms with Gasteiger partial charge in [0.2, 0.25) is 5.91 Å². The van der Waals surface area contributed by atoms with E-state index in [1.54, 1.807) is 31.2 Å². The molecule has 0 fully saturated rings. The second-order valence-electron chi connectivity index (χ2n) is 5.16. The summed E-state index contributed by atoms with van der Waals surface area (Å²) >= 11 is 0. The Balaban J connectivity index is 2.17. The maximum absolute atomic E-state index is 11.5. The Labute approximate surface area is 145 Å². The third-order valence-corrected chi connectivity index (χ3v) is 2.96. The Bertz CT molecular complexity index is 803. The molecule has 2 rings (SSSR count). The van der Waals surface area contributed by atoms with Crippen molar-refractivity contribution in [1.82, 2.24) is 4.98 Å². The zero-order valence-corrected chi connectivity index (χ0v) is 13.9. The predicted molar refractivity (Wildman–Crippen MR) is 97.0 cm³/mol. The fraction of sp³-hybridized carbons (Fsp3) is 0.176. The number of aromatic nitrogens is 1. The van der Waals surface area contributed by atoms with Gasteiger partial charge in [0, 0.05) is 13.0 Å². The van der Waals surface area contributed by atoms with Crippen LogP contribution in [0.1, 0.15) is 13.3 Å². The average molecular weight is 340 g/mol. The molecule has 8 heteroatoms. The lowest BCUT2D eigenvalue weighted by Gasteiger charge is -2.07. The van der Waals surface area contributed by atoms with Crippen molar-refractivity contribution in [3.8, 4) is 5.75 Å². The summed E-state index contributed by atoms with van der Waals surface area (Å²) in [5.74, 6) is 1.33. The first kappa shape index (κ1) is 18.1. The maximum Gasteiger partial charge on any atom is 0.226 e. The van der Waals surface area contributed by atoms with Gasteiger partial charge in [0.25, 0.3) is 0 Å². The van der Waals surface area contributed by atoms with Crippen LogP contribution in [0, 0.1) is 0 Å². The second-order valence-corrected chi connectivity index (χ2v) is 5.16. The Kier molecular flexibility index (Phi) is 6.19. The standard InChI is InChI=1S/C17H20N6O2/c1-11(2)25-14-6-4-3-5-12(14)22-23-13-7-8-15(21-17(13)19)20-16(24)9-10-18/h3-8H,1,9-10,18H2,2H3,(H3,19,20,21,24)/b23-22+. The molecule has 1 heterocycles. The summed E-state index contributed by atoms with van der Waals surface area (Å²) in [6, 6.07) is 10.4. The van der Waals surface area contributed by atoms with Crippen molar-refractivity contribution in [1.29, 1.82) is 0 Å². The van der Waals surface area contributed by atoms with Gasteiger partial charge in [-0.1, -0.05) is 18.7 Å². The van der Waals surface area contributed by atoms with E-state index in [0.717, 1.165) is 0 Å². The number of hydrogen-bond acceptors (Lipinski definition) is 7. The highest BCUT2D eigenvalue weighted by Gasteiger charge is 2.07. The van der Waals surface area contributed by atoms with Gasteiger partial charge >= 0.3 is 0 Å². The molecule has 0 spiro atoms. The number of rotatable bonds is 7. The summed E-state index contributed by atoms with van der Waals surface area (Å²) in [5.41, 5.74) is 12.1. The van der Waals surface area contributed by atoms with Crippen LogP contribution in [0.4, 0.5) is 23.0 Å². The Morgan fingerprint density at radius 2 is 1.96 bits per heavy atom. The smallest absolute Gasteiger partial charge is 0.226 e. The molecule has 2 aromatic rings. The number of azo groups is 1. The monoisotopic (exact) mass is 340 g/mol. The highest BCUT2D eigenvalue weighted by molar-refractivity contribution is 5.90. The molecule has 130 valence electrons. The number of allylic oxidation sites excluding steroid dienone is 1. The minimum atomic E-state index is -0.227. The number of hydrogen-bond donors (Lipinski definition) is 3. The van der Waals surface area contributed by atoms with Crippen molar-refractivity contribution >= 4 is 28.9 Å². The molecule has 1 aromatic carbocycles. The fourth-order valence-electron chi connectivity index (χ4n) is 1.88. The van der Waals surface area contributed by atoms with Crippen LogP contribution in [0.5, 0.6) is 5.75 Å². The molecule has 0 unspecified atom stereocenters. The van der Waals surface area contributed by atoms with Crippen LogP contribution in [-0.4, -0.2) is 17.4 Å². The van der Waals surface area contributed by atoms with Crippen molar-refractivity contribution in [3.63, 3.8) is 0 Å². The summed E-state index contributed by atoms with van der Waals surface area (Å²) in [4.78, 5) is 15.6. The van der Waals surface area contributed by atoms with Gasteiger partial charge in [-0.3, -0.25) is 4.79 Å². The van der Waals surface area contributed by atoms with Crippen LogP contribution >= 0.6 is 0 Å². The third kappa shape index (κ3) is 5.40. The molecule has 0 atom stereocenters. The van der Waals surface area contributed by atoms with Crippen molar-refractivity contribution in [2.45, 2.75) is 13.3 Å². The van der Waals surface area contributed by atoms with E-state index in [1.165, 1.54) is 0 Å². The van der Waals surface area contributed by atoms with Gasteiger partial charge in [-0.05, 0) is 31.2 Å². The molecule has 0 aliphatic heterocycles. The van der Waals surface area contributed by atoms with E-state index in [0.29, 0.717) is 28.7 Å². The maximum atomic E-state index is 11.5. The van der Waals surface area contributed by atoms with Gasteiger partial charge < -0.3 is 21.5 Å². The van der Waals surface area contributed by atoms with Crippen LogP contribution in [0.2, 0.25) is 0 Å². The molecule has 1 amide bonds. The highest BCUT2D eigenvalue weighted by atomic mass is 16.5. The van der Waals surface area contributed by atoms with E-state index >= 15 is 0 Å². The number of anilines is 2. The summed E-state index contributed by atoms with van der Waals surface area (Å²) in [6.45, 7) is 5.71. The van der Waals surface area contributed by atoms with Crippen LogP contribution in [0.25, 0.3) is 0 Å². The first-order chi connectivity index (χ1) is 12.0. The van der Waals surface area contributed by atoms with E-state index < -0.39 is 0 Å². The number of amides is 1. The van der Waals surface area contributed by atoms with E-state index in [2.05, 4.69) is 27.1 Å². The number of nitrogen functional groups attached to an aromatic ring is 1. The van der Waals surface area contributed by atoms with Crippen molar-refractivity contribution < 1.29 is 9.53 Å². The third-order valence-electron chi connectivity index (χ3n) is 2.96. The topological polar surface area (TPSA) is 128 Å². The lowest BCUT2D eigenvalue weighted by molar-refractivity contribution is -0.116. The quantitative estimate of drug-likeness (QED) is 0.526. The zero-order valence-electron chi connectivity index (χ0n) is 13.9. The van der Waals surface area contributed by atoms with Crippen molar-refractivity contribution in [2.24, 2.45) is 16.0 Å². The number of nitrogens with two attached hydrogens (primary N) is 2. The number of ether oxygens (including phenoxy) is 1. The average Bonchev–Trinajstić information content (AvgIpc) is 2.55. The Morgan fingerprint density at radius 3 is 2.64 bits per heavy atom. The molecule has 0 aliphatic rings. The number of nitrogens with zero attached hydrogens (tertiary/aromatic N) is 3. The Hall–Kier alpha value is -3.26. The number of para-hydroxylation sites is 1. The molecular weight excluding hydrogens is 320 g/mol. The molecule has 0 saturated heterocycles. The fourth-order valence-corrected chi connectivity index (χ4v) is 1.88. The van der Waals surface area contributed by atoms with E-state index in [-0.39, 0.29) is 24.7 Å². The normalized spacial score (nSPS) is 10.6. The minimum Gasteiger partial charge on any atom is -0.460 e. The molecule has 8 nitrogen and oxygen atoms in total.